The van der Waals surface area contributed by atoms with Crippen LogP contribution in [0.25, 0.3) is 0 Å². The molecule has 1 aliphatic heterocycles. The second kappa shape index (κ2) is 7.68. The van der Waals surface area contributed by atoms with Crippen LogP contribution in [0.15, 0.2) is 52.7 Å². The highest BCUT2D eigenvalue weighted by Gasteiger charge is 2.38. The normalized spacial score (nSPS) is 18.8. The van der Waals surface area contributed by atoms with Crippen LogP contribution in [-0.2, 0) is 21.4 Å². The van der Waals surface area contributed by atoms with Gasteiger partial charge >= 0.3 is 0 Å². The van der Waals surface area contributed by atoms with E-state index in [9.17, 15) is 13.2 Å². The Balaban J connectivity index is 1.82. The third kappa shape index (κ3) is 3.94. The largest absolute Gasteiger partial charge is 0.339 e. The molecule has 1 atom stereocenters. The summed E-state index contributed by atoms with van der Waals surface area (Å²) in [7, 11) is -1.92. The predicted octanol–water partition coefficient (Wildman–Crippen LogP) is 2.95. The van der Waals surface area contributed by atoms with Crippen molar-refractivity contribution in [2.75, 3.05) is 13.6 Å². The molecule has 1 saturated heterocycles. The first-order chi connectivity index (χ1) is 12.0. The summed E-state index contributed by atoms with van der Waals surface area (Å²) in [5, 5.41) is 1.97. The minimum atomic E-state index is -3.66. The Morgan fingerprint density at radius 1 is 1.20 bits per heavy atom. The molecular weight excluding hydrogens is 356 g/mol. The molecule has 7 heteroatoms. The minimum absolute atomic E-state index is 0.132. The van der Waals surface area contributed by atoms with Crippen LogP contribution in [-0.4, -0.2) is 43.2 Å². The summed E-state index contributed by atoms with van der Waals surface area (Å²) < 4.78 is 27.4. The van der Waals surface area contributed by atoms with E-state index >= 15 is 0 Å². The maximum absolute atomic E-state index is 13.0. The molecule has 1 unspecified atom stereocenters. The van der Waals surface area contributed by atoms with Crippen molar-refractivity contribution in [1.29, 1.82) is 0 Å². The topological polar surface area (TPSA) is 57.7 Å². The lowest BCUT2D eigenvalue weighted by Gasteiger charge is -2.35. The van der Waals surface area contributed by atoms with Crippen LogP contribution in [0.4, 0.5) is 0 Å². The fourth-order valence-corrected chi connectivity index (χ4v) is 5.57. The average Bonchev–Trinajstić information content (AvgIpc) is 3.15. The third-order valence-corrected chi connectivity index (χ3v) is 7.22. The highest BCUT2D eigenvalue weighted by molar-refractivity contribution is 7.89. The number of benzene rings is 1. The zero-order valence-corrected chi connectivity index (χ0v) is 15.8. The molecule has 0 bridgehead atoms. The van der Waals surface area contributed by atoms with Gasteiger partial charge in [-0.15, -0.1) is 11.3 Å². The van der Waals surface area contributed by atoms with Gasteiger partial charge in [0, 0.05) is 18.5 Å². The Labute approximate surface area is 152 Å². The van der Waals surface area contributed by atoms with Crippen molar-refractivity contribution >= 4 is 27.3 Å². The first-order valence-corrected chi connectivity index (χ1v) is 10.7. The van der Waals surface area contributed by atoms with E-state index in [1.165, 1.54) is 4.31 Å². The Hall–Kier alpha value is -1.70. The van der Waals surface area contributed by atoms with Gasteiger partial charge in [0.05, 0.1) is 11.4 Å². The molecule has 25 heavy (non-hydrogen) atoms. The van der Waals surface area contributed by atoms with Crippen molar-refractivity contribution in [3.05, 3.63) is 52.7 Å². The summed E-state index contributed by atoms with van der Waals surface area (Å²) in [6.45, 7) is 0.896. The van der Waals surface area contributed by atoms with E-state index in [2.05, 4.69) is 0 Å². The number of nitrogens with zero attached hydrogens (tertiary/aromatic N) is 2. The van der Waals surface area contributed by atoms with Gasteiger partial charge in [0.2, 0.25) is 15.9 Å². The van der Waals surface area contributed by atoms with Gasteiger partial charge in [-0.25, -0.2) is 8.42 Å². The molecule has 1 aromatic heterocycles. The molecule has 2 aromatic rings. The molecule has 2 heterocycles. The summed E-state index contributed by atoms with van der Waals surface area (Å²) in [4.78, 5) is 15.9. The number of hydrogen-bond donors (Lipinski definition) is 0. The van der Waals surface area contributed by atoms with Gasteiger partial charge in [0.15, 0.2) is 0 Å². The molecular formula is C18H22N2O3S2. The zero-order valence-electron chi connectivity index (χ0n) is 14.2. The molecule has 0 N–H and O–H groups in total. The molecule has 1 aliphatic rings. The minimum Gasteiger partial charge on any atom is -0.339 e. The van der Waals surface area contributed by atoms with E-state index in [0.717, 1.165) is 17.7 Å². The SMILES string of the molecule is CN(Cc1cccs1)C(=O)C1CCCCN1S(=O)(=O)c1ccccc1. The quantitative estimate of drug-likeness (QED) is 0.804. The van der Waals surface area contributed by atoms with Crippen LogP contribution in [0.1, 0.15) is 24.1 Å². The third-order valence-electron chi connectivity index (χ3n) is 4.44. The first-order valence-electron chi connectivity index (χ1n) is 8.34. The molecule has 0 aliphatic carbocycles. The van der Waals surface area contributed by atoms with E-state index in [4.69, 9.17) is 0 Å². The van der Waals surface area contributed by atoms with Gasteiger partial charge in [-0.2, -0.15) is 4.31 Å². The molecule has 1 fully saturated rings. The standard InChI is InChI=1S/C18H22N2O3S2/c1-19(14-15-8-7-13-24-15)18(21)17-11-5-6-12-20(17)25(22,23)16-9-3-2-4-10-16/h2-4,7-10,13,17H,5-6,11-12,14H2,1H3. The van der Waals surface area contributed by atoms with Gasteiger partial charge in [-0.05, 0) is 36.4 Å². The maximum atomic E-state index is 13.0. The molecule has 0 spiro atoms. The Bertz CT molecular complexity index is 804. The number of sulfonamides is 1. The molecule has 3 rings (SSSR count). The summed E-state index contributed by atoms with van der Waals surface area (Å²) in [6.07, 6.45) is 2.22. The summed E-state index contributed by atoms with van der Waals surface area (Å²) >= 11 is 1.59. The van der Waals surface area contributed by atoms with Crippen molar-refractivity contribution < 1.29 is 13.2 Å². The Morgan fingerprint density at radius 3 is 2.64 bits per heavy atom. The Kier molecular flexibility index (Phi) is 5.56. The lowest BCUT2D eigenvalue weighted by atomic mass is 10.0. The summed E-state index contributed by atoms with van der Waals surface area (Å²) in [5.41, 5.74) is 0. The van der Waals surface area contributed by atoms with Crippen LogP contribution in [0.3, 0.4) is 0 Å². The number of rotatable bonds is 5. The molecule has 0 saturated carbocycles. The number of carbonyl (C=O) groups excluding carboxylic acids is 1. The fourth-order valence-electron chi connectivity index (χ4n) is 3.14. The number of piperidine rings is 1. The van der Waals surface area contributed by atoms with Crippen LogP contribution >= 0.6 is 11.3 Å². The van der Waals surface area contributed by atoms with Gasteiger partial charge in [0.1, 0.15) is 6.04 Å². The zero-order chi connectivity index (χ0) is 17.9. The van der Waals surface area contributed by atoms with Crippen molar-refractivity contribution in [3.8, 4) is 0 Å². The lowest BCUT2D eigenvalue weighted by molar-refractivity contribution is -0.135. The van der Waals surface area contributed by atoms with Gasteiger partial charge in [0.25, 0.3) is 0 Å². The van der Waals surface area contributed by atoms with Gasteiger partial charge < -0.3 is 4.90 Å². The molecule has 1 amide bonds. The van der Waals surface area contributed by atoms with E-state index < -0.39 is 16.1 Å². The van der Waals surface area contributed by atoms with E-state index in [1.54, 1.807) is 53.6 Å². The number of likely N-dealkylation sites (N-methyl/N-ethyl adjacent to an activating group) is 1. The first kappa shape index (κ1) is 18.1. The van der Waals surface area contributed by atoms with Gasteiger partial charge in [-0.1, -0.05) is 30.7 Å². The number of carbonyl (C=O) groups is 1. The molecule has 0 radical (unpaired) electrons. The smallest absolute Gasteiger partial charge is 0.243 e. The summed E-state index contributed by atoms with van der Waals surface area (Å²) in [6, 6.07) is 11.7. The predicted molar refractivity (Wildman–Crippen MR) is 98.8 cm³/mol. The monoisotopic (exact) mass is 378 g/mol. The van der Waals surface area contributed by atoms with Crippen molar-refractivity contribution in [2.24, 2.45) is 0 Å². The van der Waals surface area contributed by atoms with Crippen LogP contribution in [0, 0.1) is 0 Å². The van der Waals surface area contributed by atoms with Crippen LogP contribution in [0.2, 0.25) is 0 Å². The highest BCUT2D eigenvalue weighted by atomic mass is 32.2. The molecule has 1 aromatic carbocycles. The second-order valence-corrected chi connectivity index (χ2v) is 9.14. The van der Waals surface area contributed by atoms with Crippen molar-refractivity contribution in [2.45, 2.75) is 36.7 Å². The van der Waals surface area contributed by atoms with E-state index in [0.29, 0.717) is 19.5 Å². The summed E-state index contributed by atoms with van der Waals surface area (Å²) in [5.74, 6) is -0.132. The number of amides is 1. The van der Waals surface area contributed by atoms with E-state index in [-0.39, 0.29) is 10.8 Å². The second-order valence-electron chi connectivity index (χ2n) is 6.21. The Morgan fingerprint density at radius 2 is 1.96 bits per heavy atom. The van der Waals surface area contributed by atoms with Crippen LogP contribution < -0.4 is 0 Å². The number of hydrogen-bond acceptors (Lipinski definition) is 4. The van der Waals surface area contributed by atoms with Gasteiger partial charge in [-0.3, -0.25) is 4.79 Å². The average molecular weight is 379 g/mol. The van der Waals surface area contributed by atoms with Crippen molar-refractivity contribution in [3.63, 3.8) is 0 Å². The maximum Gasteiger partial charge on any atom is 0.243 e. The number of thiophene rings is 1. The lowest BCUT2D eigenvalue weighted by Crippen LogP contribution is -2.51. The van der Waals surface area contributed by atoms with E-state index in [1.807, 2.05) is 17.5 Å². The molecule has 5 nitrogen and oxygen atoms in total. The highest BCUT2D eigenvalue weighted by Crippen LogP contribution is 2.27. The van der Waals surface area contributed by atoms with Crippen LogP contribution in [0.5, 0.6) is 0 Å². The molecule has 134 valence electrons. The fraction of sp³-hybridized carbons (Fsp3) is 0.389. The van der Waals surface area contributed by atoms with Crippen molar-refractivity contribution in [1.82, 2.24) is 9.21 Å².